The first-order valence-electron chi connectivity index (χ1n) is 17.8. The molecule has 0 amide bonds. The number of hydrogen-bond acceptors (Lipinski definition) is 2. The Balaban J connectivity index is 1.13. The molecule has 0 fully saturated rings. The Hall–Kier alpha value is -6.48. The second-order valence-corrected chi connectivity index (χ2v) is 14.4. The zero-order valence-corrected chi connectivity index (χ0v) is 29.2. The van der Waals surface area contributed by atoms with Crippen LogP contribution in [0.2, 0.25) is 0 Å². The zero-order chi connectivity index (χ0) is 34.4. The summed E-state index contributed by atoms with van der Waals surface area (Å²) in [5.41, 5.74) is 10.8. The van der Waals surface area contributed by atoms with Gasteiger partial charge in [0.2, 0.25) is 0 Å². The molecule has 1 aromatic heterocycles. The third kappa shape index (κ3) is 5.24. The van der Waals surface area contributed by atoms with Crippen LogP contribution in [0.1, 0.15) is 0 Å². The van der Waals surface area contributed by atoms with Crippen LogP contribution < -0.4 is 4.90 Å². The zero-order valence-electron chi connectivity index (χ0n) is 28.4. The second-order valence-electron chi connectivity index (χ2n) is 13.3. The van der Waals surface area contributed by atoms with Crippen LogP contribution in [0.5, 0.6) is 0 Å². The first-order chi connectivity index (χ1) is 25.8. The number of fused-ring (bicyclic) bond motifs is 5. The van der Waals surface area contributed by atoms with Crippen LogP contribution in [0.4, 0.5) is 17.1 Å². The first-order valence-corrected chi connectivity index (χ1v) is 18.6. The SMILES string of the molecule is c1ccc(-c2cccc3sc4c(N(c5ccc(-c6ccc7ccccc7c6)cc5)c5ccc(-c6cccc7ccccc67)cc5)cccc4c23)cc1. The van der Waals surface area contributed by atoms with Crippen LogP contribution in [-0.4, -0.2) is 0 Å². The summed E-state index contributed by atoms with van der Waals surface area (Å²) in [4.78, 5) is 2.43. The van der Waals surface area contributed by atoms with E-state index in [4.69, 9.17) is 0 Å². The maximum absolute atomic E-state index is 2.43. The van der Waals surface area contributed by atoms with E-state index in [0.29, 0.717) is 0 Å². The van der Waals surface area contributed by atoms with Crippen molar-refractivity contribution in [3.63, 3.8) is 0 Å². The Bertz CT molecular complexity index is 2880. The van der Waals surface area contributed by atoms with Gasteiger partial charge in [-0.2, -0.15) is 0 Å². The van der Waals surface area contributed by atoms with E-state index >= 15 is 0 Å². The molecule has 0 N–H and O–H groups in total. The summed E-state index contributed by atoms with van der Waals surface area (Å²) in [5.74, 6) is 0. The molecule has 0 aliphatic heterocycles. The summed E-state index contributed by atoms with van der Waals surface area (Å²) in [6, 6.07) is 72.9. The molecule has 0 unspecified atom stereocenters. The highest BCUT2D eigenvalue weighted by molar-refractivity contribution is 7.26. The molecule has 244 valence electrons. The minimum atomic E-state index is 1.12. The van der Waals surface area contributed by atoms with Crippen molar-refractivity contribution < 1.29 is 0 Å². The molecule has 0 aliphatic carbocycles. The molecule has 9 aromatic carbocycles. The Morgan fingerprint density at radius 1 is 0.346 bits per heavy atom. The fourth-order valence-corrected chi connectivity index (χ4v) is 8.97. The molecule has 0 saturated heterocycles. The molecule has 1 heterocycles. The summed E-state index contributed by atoms with van der Waals surface area (Å²) in [7, 11) is 0. The van der Waals surface area contributed by atoms with Gasteiger partial charge in [-0.1, -0.05) is 158 Å². The number of nitrogens with zero attached hydrogens (tertiary/aromatic N) is 1. The fraction of sp³-hybridized carbons (Fsp3) is 0. The molecule has 0 aliphatic rings. The summed E-state index contributed by atoms with van der Waals surface area (Å²) in [5, 5.41) is 7.62. The molecule has 0 bridgehead atoms. The predicted molar refractivity (Wildman–Crippen MR) is 225 cm³/mol. The van der Waals surface area contributed by atoms with Crippen molar-refractivity contribution in [2.75, 3.05) is 4.90 Å². The standard InChI is InChI=1S/C50H33NS/c1-2-12-37(13-3-1)45-19-10-22-48-49(45)46-20-9-21-47(50(46)52-48)51(41-29-25-35(26-30-41)40-24-23-34-11-4-5-15-39(34)33-40)42-31-27-38(28-32-42)44-18-8-16-36-14-6-7-17-43(36)44/h1-33H. The molecule has 0 spiro atoms. The van der Waals surface area contributed by atoms with Crippen molar-refractivity contribution >= 4 is 70.1 Å². The topological polar surface area (TPSA) is 3.24 Å². The summed E-state index contributed by atoms with van der Waals surface area (Å²) >= 11 is 1.88. The van der Waals surface area contributed by atoms with Crippen LogP contribution in [0.25, 0.3) is 75.1 Å². The van der Waals surface area contributed by atoms with E-state index in [-0.39, 0.29) is 0 Å². The van der Waals surface area contributed by atoms with Gasteiger partial charge in [0.1, 0.15) is 0 Å². The van der Waals surface area contributed by atoms with Gasteiger partial charge in [-0.3, -0.25) is 0 Å². The lowest BCUT2D eigenvalue weighted by Gasteiger charge is -2.26. The van der Waals surface area contributed by atoms with E-state index in [1.54, 1.807) is 0 Å². The van der Waals surface area contributed by atoms with E-state index in [1.807, 2.05) is 11.3 Å². The first kappa shape index (κ1) is 30.4. The predicted octanol–water partition coefficient (Wildman–Crippen LogP) is 14.8. The van der Waals surface area contributed by atoms with Gasteiger partial charge in [0.15, 0.2) is 0 Å². The lowest BCUT2D eigenvalue weighted by Crippen LogP contribution is -2.10. The highest BCUT2D eigenvalue weighted by Crippen LogP contribution is 2.47. The molecule has 2 heteroatoms. The molecule has 1 nitrogen and oxygen atoms in total. The van der Waals surface area contributed by atoms with Crippen molar-refractivity contribution in [1.29, 1.82) is 0 Å². The maximum Gasteiger partial charge on any atom is 0.0640 e. The number of hydrogen-bond donors (Lipinski definition) is 0. The molecular formula is C50H33NS. The van der Waals surface area contributed by atoms with Crippen LogP contribution in [-0.2, 0) is 0 Å². The second kappa shape index (κ2) is 12.7. The minimum absolute atomic E-state index is 1.12. The van der Waals surface area contributed by atoms with Crippen molar-refractivity contribution in [2.24, 2.45) is 0 Å². The van der Waals surface area contributed by atoms with Gasteiger partial charge >= 0.3 is 0 Å². The van der Waals surface area contributed by atoms with Gasteiger partial charge in [-0.25, -0.2) is 0 Å². The average Bonchev–Trinajstić information content (AvgIpc) is 3.61. The van der Waals surface area contributed by atoms with Crippen molar-refractivity contribution in [1.82, 2.24) is 0 Å². The number of anilines is 3. The largest absolute Gasteiger partial charge is 0.309 e. The summed E-state index contributed by atoms with van der Waals surface area (Å²) < 4.78 is 2.57. The van der Waals surface area contributed by atoms with Crippen molar-refractivity contribution in [3.05, 3.63) is 200 Å². The van der Waals surface area contributed by atoms with Gasteiger partial charge in [0.05, 0.1) is 10.4 Å². The Morgan fingerprint density at radius 3 is 1.73 bits per heavy atom. The Kier molecular flexibility index (Phi) is 7.41. The lowest BCUT2D eigenvalue weighted by molar-refractivity contribution is 1.30. The molecule has 0 saturated carbocycles. The molecule has 52 heavy (non-hydrogen) atoms. The monoisotopic (exact) mass is 679 g/mol. The third-order valence-corrected chi connectivity index (χ3v) is 11.5. The van der Waals surface area contributed by atoms with Crippen LogP contribution in [0.3, 0.4) is 0 Å². The van der Waals surface area contributed by atoms with Crippen LogP contribution >= 0.6 is 11.3 Å². The van der Waals surface area contributed by atoms with Crippen molar-refractivity contribution in [2.45, 2.75) is 0 Å². The molecule has 0 atom stereocenters. The lowest BCUT2D eigenvalue weighted by atomic mass is 9.97. The Morgan fingerprint density at radius 2 is 0.923 bits per heavy atom. The van der Waals surface area contributed by atoms with Gasteiger partial charge < -0.3 is 4.90 Å². The van der Waals surface area contributed by atoms with Gasteiger partial charge in [-0.05, 0) is 97.4 Å². The quantitative estimate of drug-likeness (QED) is 0.169. The molecular weight excluding hydrogens is 647 g/mol. The van der Waals surface area contributed by atoms with Crippen LogP contribution in [0.15, 0.2) is 200 Å². The average molecular weight is 680 g/mol. The minimum Gasteiger partial charge on any atom is -0.309 e. The highest BCUT2D eigenvalue weighted by Gasteiger charge is 2.20. The summed E-state index contributed by atoms with van der Waals surface area (Å²) in [6.45, 7) is 0. The molecule has 10 aromatic rings. The summed E-state index contributed by atoms with van der Waals surface area (Å²) in [6.07, 6.45) is 0. The Labute approximate surface area is 307 Å². The van der Waals surface area contributed by atoms with E-state index in [9.17, 15) is 0 Å². The molecule has 0 radical (unpaired) electrons. The number of benzene rings is 9. The van der Waals surface area contributed by atoms with E-state index in [0.717, 1.165) is 11.4 Å². The third-order valence-electron chi connectivity index (χ3n) is 10.3. The smallest absolute Gasteiger partial charge is 0.0640 e. The number of thiophene rings is 1. The van der Waals surface area contributed by atoms with Gasteiger partial charge in [0, 0.05) is 26.8 Å². The molecule has 10 rings (SSSR count). The van der Waals surface area contributed by atoms with E-state index < -0.39 is 0 Å². The fourth-order valence-electron chi connectivity index (χ4n) is 7.73. The number of rotatable bonds is 6. The highest BCUT2D eigenvalue weighted by atomic mass is 32.1. The van der Waals surface area contributed by atoms with Crippen LogP contribution in [0, 0.1) is 0 Å². The van der Waals surface area contributed by atoms with Gasteiger partial charge in [0.25, 0.3) is 0 Å². The maximum atomic E-state index is 2.43. The van der Waals surface area contributed by atoms with E-state index in [2.05, 4.69) is 205 Å². The van der Waals surface area contributed by atoms with Gasteiger partial charge in [-0.15, -0.1) is 11.3 Å². The normalized spacial score (nSPS) is 11.5. The van der Waals surface area contributed by atoms with Crippen molar-refractivity contribution in [3.8, 4) is 33.4 Å². The van der Waals surface area contributed by atoms with E-state index in [1.165, 1.54) is 80.8 Å².